The quantitative estimate of drug-likeness (QED) is 0.625. The van der Waals surface area contributed by atoms with E-state index in [2.05, 4.69) is 5.32 Å². The number of ether oxygens (including phenoxy) is 1. The predicted octanol–water partition coefficient (Wildman–Crippen LogP) is 4.01. The maximum atomic E-state index is 12.2. The first-order valence-corrected chi connectivity index (χ1v) is 7.50. The fourth-order valence-electron chi connectivity index (χ4n) is 2.19. The van der Waals surface area contributed by atoms with Gasteiger partial charge in [-0.15, -0.1) is 0 Å². The van der Waals surface area contributed by atoms with Gasteiger partial charge < -0.3 is 15.8 Å². The molecule has 3 N–H and O–H groups in total. The van der Waals surface area contributed by atoms with E-state index >= 15 is 0 Å². The first-order valence-electron chi connectivity index (χ1n) is 7.50. The molecule has 2 aromatic carbocycles. The highest BCUT2D eigenvalue weighted by Gasteiger charge is 2.15. The lowest BCUT2D eigenvalue weighted by Gasteiger charge is -2.18. The molecule has 1 unspecified atom stereocenters. The lowest BCUT2D eigenvalue weighted by atomic mass is 10.1. The minimum atomic E-state index is -0.350. The number of nitrogens with one attached hydrogen (secondary N) is 1. The van der Waals surface area contributed by atoms with Gasteiger partial charge in [-0.3, -0.25) is 0 Å². The van der Waals surface area contributed by atoms with Crippen LogP contribution in [-0.2, 0) is 4.74 Å². The number of carbonyl (C=O) groups excluding carboxylic acids is 1. The summed E-state index contributed by atoms with van der Waals surface area (Å²) < 4.78 is 5.23. The summed E-state index contributed by atoms with van der Waals surface area (Å²) in [4.78, 5) is 12.2. The van der Waals surface area contributed by atoms with E-state index in [4.69, 9.17) is 10.5 Å². The van der Waals surface area contributed by atoms with Crippen molar-refractivity contribution in [1.82, 2.24) is 0 Å². The molecule has 2 rings (SSSR count). The van der Waals surface area contributed by atoms with Crippen molar-refractivity contribution in [2.24, 2.45) is 0 Å². The van der Waals surface area contributed by atoms with Crippen LogP contribution in [0.2, 0.25) is 0 Å². The third-order valence-electron chi connectivity index (χ3n) is 3.37. The average Bonchev–Trinajstić information content (AvgIpc) is 2.55. The molecule has 0 aliphatic rings. The maximum absolute atomic E-state index is 12.2. The highest BCUT2D eigenvalue weighted by atomic mass is 16.5. The molecule has 2 aromatic rings. The Morgan fingerprint density at radius 2 is 1.95 bits per heavy atom. The van der Waals surface area contributed by atoms with Gasteiger partial charge in [0.1, 0.15) is 0 Å². The van der Waals surface area contributed by atoms with Crippen LogP contribution >= 0.6 is 0 Å². The van der Waals surface area contributed by atoms with Gasteiger partial charge in [0.05, 0.1) is 12.2 Å². The first-order chi connectivity index (χ1) is 10.6. The SMILES string of the molecule is CCCOC(=O)c1cc(N)ccc1NC(C)c1ccccc1. The van der Waals surface area contributed by atoms with Gasteiger partial charge in [0, 0.05) is 17.4 Å². The van der Waals surface area contributed by atoms with Gasteiger partial charge in [0.25, 0.3) is 0 Å². The number of nitrogen functional groups attached to an aromatic ring is 1. The van der Waals surface area contributed by atoms with E-state index in [1.54, 1.807) is 12.1 Å². The van der Waals surface area contributed by atoms with Gasteiger partial charge >= 0.3 is 5.97 Å². The van der Waals surface area contributed by atoms with Crippen molar-refractivity contribution in [2.45, 2.75) is 26.3 Å². The number of benzene rings is 2. The molecule has 0 radical (unpaired) electrons. The molecule has 0 amide bonds. The van der Waals surface area contributed by atoms with E-state index in [0.717, 1.165) is 17.7 Å². The van der Waals surface area contributed by atoms with Crippen molar-refractivity contribution < 1.29 is 9.53 Å². The summed E-state index contributed by atoms with van der Waals surface area (Å²) in [6.07, 6.45) is 0.789. The van der Waals surface area contributed by atoms with E-state index in [1.807, 2.05) is 50.2 Å². The lowest BCUT2D eigenvalue weighted by Crippen LogP contribution is -2.13. The summed E-state index contributed by atoms with van der Waals surface area (Å²) in [5, 5.41) is 3.35. The minimum absolute atomic E-state index is 0.0718. The Morgan fingerprint density at radius 1 is 1.23 bits per heavy atom. The predicted molar refractivity (Wildman–Crippen MR) is 89.9 cm³/mol. The van der Waals surface area contributed by atoms with Crippen molar-refractivity contribution in [2.75, 3.05) is 17.7 Å². The first kappa shape index (κ1) is 15.9. The number of carbonyl (C=O) groups is 1. The van der Waals surface area contributed by atoms with E-state index in [9.17, 15) is 4.79 Å². The Balaban J connectivity index is 2.21. The van der Waals surface area contributed by atoms with E-state index in [0.29, 0.717) is 17.9 Å². The van der Waals surface area contributed by atoms with Crippen LogP contribution in [0.25, 0.3) is 0 Å². The van der Waals surface area contributed by atoms with Crippen LogP contribution in [0.4, 0.5) is 11.4 Å². The molecule has 0 heterocycles. The van der Waals surface area contributed by atoms with Crippen molar-refractivity contribution in [1.29, 1.82) is 0 Å². The van der Waals surface area contributed by atoms with Gasteiger partial charge in [0.15, 0.2) is 0 Å². The fraction of sp³-hybridized carbons (Fsp3) is 0.278. The van der Waals surface area contributed by atoms with Crippen molar-refractivity contribution in [3.05, 3.63) is 59.7 Å². The average molecular weight is 298 g/mol. The maximum Gasteiger partial charge on any atom is 0.340 e. The van der Waals surface area contributed by atoms with Gasteiger partial charge in [0.2, 0.25) is 0 Å². The highest BCUT2D eigenvalue weighted by Crippen LogP contribution is 2.25. The molecule has 0 fully saturated rings. The van der Waals surface area contributed by atoms with E-state index in [1.165, 1.54) is 0 Å². The summed E-state index contributed by atoms with van der Waals surface area (Å²) in [6.45, 7) is 4.41. The molecular weight excluding hydrogens is 276 g/mol. The minimum Gasteiger partial charge on any atom is -0.462 e. The molecule has 0 aromatic heterocycles. The highest BCUT2D eigenvalue weighted by molar-refractivity contribution is 5.96. The lowest BCUT2D eigenvalue weighted by molar-refractivity contribution is 0.0506. The molecule has 0 saturated heterocycles. The number of rotatable bonds is 6. The normalized spacial score (nSPS) is 11.7. The standard InChI is InChI=1S/C18H22N2O2/c1-3-11-22-18(21)16-12-15(19)9-10-17(16)20-13(2)14-7-5-4-6-8-14/h4-10,12-13,20H,3,11,19H2,1-2H3. The molecular formula is C18H22N2O2. The molecule has 0 spiro atoms. The largest absolute Gasteiger partial charge is 0.462 e. The molecule has 0 saturated carbocycles. The van der Waals surface area contributed by atoms with Crippen LogP contribution in [-0.4, -0.2) is 12.6 Å². The Bertz CT molecular complexity index is 626. The molecule has 4 heteroatoms. The van der Waals surface area contributed by atoms with Gasteiger partial charge in [-0.25, -0.2) is 4.79 Å². The molecule has 1 atom stereocenters. The van der Waals surface area contributed by atoms with Crippen molar-refractivity contribution in [3.63, 3.8) is 0 Å². The second kappa shape index (κ2) is 7.50. The van der Waals surface area contributed by atoms with Gasteiger partial charge in [-0.2, -0.15) is 0 Å². The molecule has 0 aliphatic heterocycles. The molecule has 0 aliphatic carbocycles. The molecule has 116 valence electrons. The third kappa shape index (κ3) is 4.01. The number of nitrogens with two attached hydrogens (primary N) is 1. The summed E-state index contributed by atoms with van der Waals surface area (Å²) in [5.41, 5.74) is 8.69. The zero-order valence-corrected chi connectivity index (χ0v) is 13.0. The smallest absolute Gasteiger partial charge is 0.340 e. The van der Waals surface area contributed by atoms with Gasteiger partial charge in [-0.1, -0.05) is 37.3 Å². The van der Waals surface area contributed by atoms with E-state index in [-0.39, 0.29) is 12.0 Å². The molecule has 0 bridgehead atoms. The summed E-state index contributed by atoms with van der Waals surface area (Å²) in [5.74, 6) is -0.350. The molecule has 22 heavy (non-hydrogen) atoms. The zero-order chi connectivity index (χ0) is 15.9. The van der Waals surface area contributed by atoms with Crippen LogP contribution < -0.4 is 11.1 Å². The topological polar surface area (TPSA) is 64.3 Å². The Hall–Kier alpha value is -2.49. The van der Waals surface area contributed by atoms with Crippen LogP contribution in [0, 0.1) is 0 Å². The monoisotopic (exact) mass is 298 g/mol. The van der Waals surface area contributed by atoms with Crippen LogP contribution in [0.3, 0.4) is 0 Å². The van der Waals surface area contributed by atoms with Crippen LogP contribution in [0.1, 0.15) is 42.2 Å². The number of anilines is 2. The number of hydrogen-bond acceptors (Lipinski definition) is 4. The summed E-state index contributed by atoms with van der Waals surface area (Å²) >= 11 is 0. The Labute approximate surface area is 131 Å². The number of esters is 1. The molecule has 4 nitrogen and oxygen atoms in total. The van der Waals surface area contributed by atoms with Crippen LogP contribution in [0.15, 0.2) is 48.5 Å². The third-order valence-corrected chi connectivity index (χ3v) is 3.37. The number of hydrogen-bond donors (Lipinski definition) is 2. The second-order valence-corrected chi connectivity index (χ2v) is 5.22. The van der Waals surface area contributed by atoms with Gasteiger partial charge in [-0.05, 0) is 37.1 Å². The second-order valence-electron chi connectivity index (χ2n) is 5.22. The summed E-state index contributed by atoms with van der Waals surface area (Å²) in [7, 11) is 0. The van der Waals surface area contributed by atoms with Crippen molar-refractivity contribution in [3.8, 4) is 0 Å². The Morgan fingerprint density at radius 3 is 2.64 bits per heavy atom. The van der Waals surface area contributed by atoms with E-state index < -0.39 is 0 Å². The zero-order valence-electron chi connectivity index (χ0n) is 13.0. The Kier molecular flexibility index (Phi) is 5.42. The van der Waals surface area contributed by atoms with Crippen molar-refractivity contribution >= 4 is 17.3 Å². The summed E-state index contributed by atoms with van der Waals surface area (Å²) in [6, 6.07) is 15.4. The fourth-order valence-corrected chi connectivity index (χ4v) is 2.19. The van der Waals surface area contributed by atoms with Crippen LogP contribution in [0.5, 0.6) is 0 Å².